The van der Waals surface area contributed by atoms with Gasteiger partial charge in [-0.3, -0.25) is 4.79 Å². The van der Waals surface area contributed by atoms with Crippen LogP contribution in [0.5, 0.6) is 0 Å². The van der Waals surface area contributed by atoms with Crippen LogP contribution in [0.25, 0.3) is 0 Å². The third-order valence-electron chi connectivity index (χ3n) is 3.75. The number of sulfone groups is 1. The highest BCUT2D eigenvalue weighted by atomic mass is 32.2. The van der Waals surface area contributed by atoms with Gasteiger partial charge in [-0.05, 0) is 37.5 Å². The Morgan fingerprint density at radius 1 is 1.40 bits per heavy atom. The van der Waals surface area contributed by atoms with E-state index < -0.39 is 15.9 Å². The van der Waals surface area contributed by atoms with Crippen molar-refractivity contribution in [1.82, 2.24) is 4.90 Å². The van der Waals surface area contributed by atoms with Crippen molar-refractivity contribution in [2.45, 2.75) is 45.6 Å². The summed E-state index contributed by atoms with van der Waals surface area (Å²) in [7, 11) is -3.06. The summed E-state index contributed by atoms with van der Waals surface area (Å²) in [6.07, 6.45) is 4.69. The quantitative estimate of drug-likeness (QED) is 0.795. The van der Waals surface area contributed by atoms with Crippen molar-refractivity contribution < 1.29 is 13.2 Å². The van der Waals surface area contributed by atoms with E-state index in [1.54, 1.807) is 0 Å². The van der Waals surface area contributed by atoms with E-state index in [4.69, 9.17) is 5.73 Å². The fraction of sp³-hybridized carbons (Fsp3) is 0.929. The van der Waals surface area contributed by atoms with Crippen LogP contribution in [0, 0.1) is 11.8 Å². The molecule has 1 saturated heterocycles. The standard InChI is InChI=1S/C14H28N2O3S/c1-11(2)9-12-5-4-7-16(10-12)14(17)13(15)6-8-20(3,18)19/h11-13H,4-10,15H2,1-3H3/t12-,13-/m1/s1. The van der Waals surface area contributed by atoms with Gasteiger partial charge in [0.2, 0.25) is 5.91 Å². The maximum absolute atomic E-state index is 12.3. The number of carbonyl (C=O) groups excluding carboxylic acids is 1. The lowest BCUT2D eigenvalue weighted by atomic mass is 9.89. The maximum Gasteiger partial charge on any atom is 0.239 e. The van der Waals surface area contributed by atoms with Crippen LogP contribution in [0.3, 0.4) is 0 Å². The molecule has 1 aliphatic heterocycles. The zero-order valence-electron chi connectivity index (χ0n) is 12.8. The number of hydrogen-bond acceptors (Lipinski definition) is 4. The summed E-state index contributed by atoms with van der Waals surface area (Å²) >= 11 is 0. The van der Waals surface area contributed by atoms with Crippen molar-refractivity contribution in [3.63, 3.8) is 0 Å². The van der Waals surface area contributed by atoms with Gasteiger partial charge in [-0.25, -0.2) is 8.42 Å². The van der Waals surface area contributed by atoms with Gasteiger partial charge in [0.25, 0.3) is 0 Å². The summed E-state index contributed by atoms with van der Waals surface area (Å²) in [6, 6.07) is -0.692. The van der Waals surface area contributed by atoms with Crippen molar-refractivity contribution in [1.29, 1.82) is 0 Å². The molecule has 0 radical (unpaired) electrons. The highest BCUT2D eigenvalue weighted by molar-refractivity contribution is 7.90. The first-order valence-electron chi connectivity index (χ1n) is 7.41. The minimum atomic E-state index is -3.06. The second-order valence-electron chi connectivity index (χ2n) is 6.45. The van der Waals surface area contributed by atoms with E-state index in [2.05, 4.69) is 13.8 Å². The van der Waals surface area contributed by atoms with Gasteiger partial charge in [-0.1, -0.05) is 13.8 Å². The number of nitrogens with zero attached hydrogens (tertiary/aromatic N) is 1. The van der Waals surface area contributed by atoms with Gasteiger partial charge < -0.3 is 10.6 Å². The van der Waals surface area contributed by atoms with Gasteiger partial charge in [0.15, 0.2) is 0 Å². The normalized spacial score (nSPS) is 22.1. The number of nitrogens with two attached hydrogens (primary N) is 1. The van der Waals surface area contributed by atoms with Crippen LogP contribution < -0.4 is 5.73 Å². The molecule has 0 bridgehead atoms. The molecule has 6 heteroatoms. The van der Waals surface area contributed by atoms with Crippen molar-refractivity contribution in [3.05, 3.63) is 0 Å². The molecule has 1 aliphatic rings. The third-order valence-corrected chi connectivity index (χ3v) is 4.73. The molecule has 0 unspecified atom stereocenters. The molecule has 2 N–H and O–H groups in total. The summed E-state index contributed by atoms with van der Waals surface area (Å²) in [5.41, 5.74) is 5.85. The van der Waals surface area contributed by atoms with Gasteiger partial charge in [-0.15, -0.1) is 0 Å². The molecule has 2 atom stereocenters. The van der Waals surface area contributed by atoms with E-state index in [1.807, 2.05) is 4.90 Å². The summed E-state index contributed by atoms with van der Waals surface area (Å²) in [4.78, 5) is 14.1. The minimum Gasteiger partial charge on any atom is -0.341 e. The van der Waals surface area contributed by atoms with Crippen LogP contribution in [-0.2, 0) is 14.6 Å². The highest BCUT2D eigenvalue weighted by Crippen LogP contribution is 2.23. The Morgan fingerprint density at radius 3 is 2.60 bits per heavy atom. The molecular weight excluding hydrogens is 276 g/mol. The molecule has 0 saturated carbocycles. The Morgan fingerprint density at radius 2 is 2.05 bits per heavy atom. The zero-order valence-corrected chi connectivity index (χ0v) is 13.7. The minimum absolute atomic E-state index is 0.0246. The molecule has 20 heavy (non-hydrogen) atoms. The molecule has 1 heterocycles. The van der Waals surface area contributed by atoms with E-state index in [1.165, 1.54) is 12.7 Å². The smallest absolute Gasteiger partial charge is 0.239 e. The molecule has 118 valence electrons. The monoisotopic (exact) mass is 304 g/mol. The molecule has 1 amide bonds. The summed E-state index contributed by atoms with van der Waals surface area (Å²) in [5, 5.41) is 0. The first-order valence-corrected chi connectivity index (χ1v) is 9.47. The van der Waals surface area contributed by atoms with Gasteiger partial charge in [0, 0.05) is 19.3 Å². The predicted molar refractivity (Wildman–Crippen MR) is 81.1 cm³/mol. The second-order valence-corrected chi connectivity index (χ2v) is 8.71. The topological polar surface area (TPSA) is 80.5 Å². The van der Waals surface area contributed by atoms with Crippen LogP contribution in [-0.4, -0.2) is 50.4 Å². The number of carbonyl (C=O) groups is 1. The summed E-state index contributed by atoms with van der Waals surface area (Å²) in [6.45, 7) is 5.90. The van der Waals surface area contributed by atoms with E-state index in [0.29, 0.717) is 11.8 Å². The largest absolute Gasteiger partial charge is 0.341 e. The molecule has 0 aromatic carbocycles. The Balaban J connectivity index is 2.49. The van der Waals surface area contributed by atoms with Crippen LogP contribution in [0.1, 0.15) is 39.5 Å². The van der Waals surface area contributed by atoms with Crippen molar-refractivity contribution in [3.8, 4) is 0 Å². The van der Waals surface area contributed by atoms with Crippen molar-refractivity contribution >= 4 is 15.7 Å². The Bertz CT molecular complexity index is 420. The Labute approximate surface area is 122 Å². The van der Waals surface area contributed by atoms with E-state index in [9.17, 15) is 13.2 Å². The van der Waals surface area contributed by atoms with E-state index >= 15 is 0 Å². The predicted octanol–water partition coefficient (Wildman–Crippen LogP) is 1.03. The molecule has 0 aromatic rings. The van der Waals surface area contributed by atoms with Gasteiger partial charge in [-0.2, -0.15) is 0 Å². The maximum atomic E-state index is 12.3. The first-order chi connectivity index (χ1) is 9.19. The lowest BCUT2D eigenvalue weighted by molar-refractivity contribution is -0.134. The fourth-order valence-electron chi connectivity index (χ4n) is 2.82. The number of likely N-dealkylation sites (tertiary alicyclic amines) is 1. The van der Waals surface area contributed by atoms with Crippen LogP contribution in [0.4, 0.5) is 0 Å². The molecule has 1 rings (SSSR count). The average Bonchev–Trinajstić information content (AvgIpc) is 2.33. The number of hydrogen-bond donors (Lipinski definition) is 1. The van der Waals surface area contributed by atoms with E-state index in [-0.39, 0.29) is 18.1 Å². The summed E-state index contributed by atoms with van der Waals surface area (Å²) < 4.78 is 22.3. The lowest BCUT2D eigenvalue weighted by Gasteiger charge is -2.35. The van der Waals surface area contributed by atoms with Crippen molar-refractivity contribution in [2.75, 3.05) is 25.1 Å². The zero-order chi connectivity index (χ0) is 15.3. The number of amides is 1. The molecule has 0 spiro atoms. The van der Waals surface area contributed by atoms with Crippen molar-refractivity contribution in [2.24, 2.45) is 17.6 Å². The number of rotatable bonds is 6. The molecule has 0 aromatic heterocycles. The molecule has 1 fully saturated rings. The van der Waals surface area contributed by atoms with Crippen LogP contribution in [0.2, 0.25) is 0 Å². The highest BCUT2D eigenvalue weighted by Gasteiger charge is 2.27. The molecular formula is C14H28N2O3S. The van der Waals surface area contributed by atoms with Gasteiger partial charge >= 0.3 is 0 Å². The summed E-state index contributed by atoms with van der Waals surface area (Å²) in [5.74, 6) is 1.06. The third kappa shape index (κ3) is 6.22. The van der Waals surface area contributed by atoms with E-state index in [0.717, 1.165) is 25.9 Å². The van der Waals surface area contributed by atoms with Gasteiger partial charge in [0.1, 0.15) is 9.84 Å². The lowest BCUT2D eigenvalue weighted by Crippen LogP contribution is -2.48. The average molecular weight is 304 g/mol. The fourth-order valence-corrected chi connectivity index (χ4v) is 3.51. The Hall–Kier alpha value is -0.620. The van der Waals surface area contributed by atoms with Crippen LogP contribution >= 0.6 is 0 Å². The Kier molecular flexibility index (Phi) is 6.45. The van der Waals surface area contributed by atoms with Crippen LogP contribution in [0.15, 0.2) is 0 Å². The molecule has 0 aliphatic carbocycles. The second kappa shape index (κ2) is 7.41. The first kappa shape index (κ1) is 17.4. The number of piperidine rings is 1. The SMILES string of the molecule is CC(C)C[C@H]1CCCN(C(=O)[C@H](N)CCS(C)(=O)=O)C1. The van der Waals surface area contributed by atoms with Gasteiger partial charge in [0.05, 0.1) is 11.8 Å². The molecule has 5 nitrogen and oxygen atoms in total.